The van der Waals surface area contributed by atoms with E-state index in [1.807, 2.05) is 13.8 Å². The largest absolute Gasteiger partial charge is 0.493 e. The fourth-order valence-electron chi connectivity index (χ4n) is 2.63. The molecule has 0 saturated carbocycles. The van der Waals surface area contributed by atoms with Crippen LogP contribution in [0.5, 0.6) is 11.5 Å². The molecule has 0 radical (unpaired) electrons. The summed E-state index contributed by atoms with van der Waals surface area (Å²) in [6, 6.07) is 7.98. The molecule has 0 fully saturated rings. The molecule has 0 aliphatic carbocycles. The number of anilines is 1. The van der Waals surface area contributed by atoms with Crippen LogP contribution in [0.4, 0.5) is 14.5 Å². The van der Waals surface area contributed by atoms with Crippen molar-refractivity contribution in [2.75, 3.05) is 25.5 Å². The molecule has 0 aliphatic rings. The number of nitrogens with zero attached hydrogens (tertiary/aromatic N) is 1. The molecule has 6 nitrogen and oxygen atoms in total. The Morgan fingerprint density at radius 3 is 2.31 bits per heavy atom. The molecule has 0 atom stereocenters. The van der Waals surface area contributed by atoms with Crippen LogP contribution in [0.25, 0.3) is 0 Å². The zero-order valence-electron chi connectivity index (χ0n) is 16.8. The van der Waals surface area contributed by atoms with Gasteiger partial charge in [0.2, 0.25) is 5.91 Å². The van der Waals surface area contributed by atoms with Crippen LogP contribution in [0.3, 0.4) is 0 Å². The van der Waals surface area contributed by atoms with Crippen LogP contribution in [0, 0.1) is 11.6 Å². The minimum absolute atomic E-state index is 0.0694. The fraction of sp³-hybridized carbons (Fsp3) is 0.333. The molecule has 2 aromatic rings. The van der Waals surface area contributed by atoms with E-state index in [9.17, 15) is 18.4 Å². The summed E-state index contributed by atoms with van der Waals surface area (Å²) in [5, 5.41) is 2.18. The molecule has 0 aromatic heterocycles. The first-order valence-corrected chi connectivity index (χ1v) is 9.14. The third-order valence-corrected chi connectivity index (χ3v) is 4.00. The van der Waals surface area contributed by atoms with E-state index in [0.717, 1.165) is 12.1 Å². The van der Waals surface area contributed by atoms with Gasteiger partial charge >= 0.3 is 0 Å². The molecule has 0 unspecified atom stereocenters. The van der Waals surface area contributed by atoms with Gasteiger partial charge < -0.3 is 19.7 Å². The molecule has 156 valence electrons. The van der Waals surface area contributed by atoms with E-state index in [4.69, 9.17) is 9.47 Å². The molecule has 8 heteroatoms. The Kier molecular flexibility index (Phi) is 7.52. The van der Waals surface area contributed by atoms with E-state index in [2.05, 4.69) is 5.32 Å². The van der Waals surface area contributed by atoms with Crippen molar-refractivity contribution in [3.8, 4) is 11.5 Å². The Balaban J connectivity index is 2.15. The Labute approximate surface area is 168 Å². The van der Waals surface area contributed by atoms with Gasteiger partial charge in [0.25, 0.3) is 5.91 Å². The lowest BCUT2D eigenvalue weighted by Crippen LogP contribution is -2.38. The van der Waals surface area contributed by atoms with Gasteiger partial charge in [-0.15, -0.1) is 0 Å². The lowest BCUT2D eigenvalue weighted by molar-refractivity contribution is -0.116. The molecule has 2 aromatic carbocycles. The molecule has 0 heterocycles. The zero-order valence-corrected chi connectivity index (χ0v) is 16.8. The highest BCUT2D eigenvalue weighted by Crippen LogP contribution is 2.29. The second-order valence-corrected chi connectivity index (χ2v) is 6.50. The number of amides is 2. The van der Waals surface area contributed by atoms with E-state index in [-0.39, 0.29) is 19.2 Å². The average Bonchev–Trinajstić information content (AvgIpc) is 2.68. The number of hydrogen-bond acceptors (Lipinski definition) is 4. The van der Waals surface area contributed by atoms with Crippen molar-refractivity contribution in [3.05, 3.63) is 53.6 Å². The first kappa shape index (κ1) is 22.1. The molecular weight excluding hydrogens is 382 g/mol. The van der Waals surface area contributed by atoms with Crippen molar-refractivity contribution in [2.24, 2.45) is 0 Å². The molecule has 1 N–H and O–H groups in total. The summed E-state index contributed by atoms with van der Waals surface area (Å²) < 4.78 is 38.3. The molecular formula is C21H24F2N2O4. The third-order valence-electron chi connectivity index (χ3n) is 4.00. The normalized spacial score (nSPS) is 10.6. The number of benzene rings is 2. The Hall–Kier alpha value is -3.16. The number of methoxy groups -OCH3 is 1. The number of carbonyl (C=O) groups excluding carboxylic acids is 2. The van der Waals surface area contributed by atoms with Crippen molar-refractivity contribution >= 4 is 17.5 Å². The minimum atomic E-state index is -0.891. The predicted octanol–water partition coefficient (Wildman–Crippen LogP) is 3.86. The quantitative estimate of drug-likeness (QED) is 0.723. The standard InChI is InChI=1S/C21H24F2N2O4/c1-5-25(12-19(26)24-20-15(22)7-6-8-16(20)23)21(27)14-9-10-17(29-13(2)3)18(11-14)28-4/h6-11,13H,5,12H2,1-4H3,(H,24,26). The van der Waals surface area contributed by atoms with Gasteiger partial charge in [-0.25, -0.2) is 8.78 Å². The maximum absolute atomic E-state index is 13.7. The Morgan fingerprint density at radius 1 is 1.10 bits per heavy atom. The summed E-state index contributed by atoms with van der Waals surface area (Å²) in [6.07, 6.45) is -0.0694. The summed E-state index contributed by atoms with van der Waals surface area (Å²) in [5.41, 5.74) is -0.248. The number of ether oxygens (including phenoxy) is 2. The number of nitrogens with one attached hydrogen (secondary N) is 1. The van der Waals surface area contributed by atoms with E-state index in [1.165, 1.54) is 24.1 Å². The van der Waals surface area contributed by atoms with Gasteiger partial charge in [-0.2, -0.15) is 0 Å². The number of hydrogen-bond donors (Lipinski definition) is 1. The first-order chi connectivity index (χ1) is 13.8. The van der Waals surface area contributed by atoms with Crippen molar-refractivity contribution in [3.63, 3.8) is 0 Å². The summed E-state index contributed by atoms with van der Waals surface area (Å²) in [5.74, 6) is -2.04. The van der Waals surface area contributed by atoms with E-state index in [1.54, 1.807) is 19.1 Å². The minimum Gasteiger partial charge on any atom is -0.493 e. The Morgan fingerprint density at radius 2 is 1.76 bits per heavy atom. The highest BCUT2D eigenvalue weighted by atomic mass is 19.1. The predicted molar refractivity (Wildman–Crippen MR) is 105 cm³/mol. The second kappa shape index (κ2) is 9.86. The number of carbonyl (C=O) groups is 2. The molecule has 0 bridgehead atoms. The van der Waals surface area contributed by atoms with Crippen LogP contribution in [-0.4, -0.2) is 43.0 Å². The van der Waals surface area contributed by atoms with Crippen LogP contribution in [0.2, 0.25) is 0 Å². The van der Waals surface area contributed by atoms with Crippen LogP contribution in [0.1, 0.15) is 31.1 Å². The molecule has 2 amide bonds. The van der Waals surface area contributed by atoms with Gasteiger partial charge in [-0.05, 0) is 51.1 Å². The summed E-state index contributed by atoms with van der Waals surface area (Å²) in [7, 11) is 1.46. The number of rotatable bonds is 8. The maximum Gasteiger partial charge on any atom is 0.254 e. The molecule has 29 heavy (non-hydrogen) atoms. The van der Waals surface area contributed by atoms with E-state index < -0.39 is 29.1 Å². The molecule has 0 aliphatic heterocycles. The van der Waals surface area contributed by atoms with Gasteiger partial charge in [0.05, 0.1) is 13.2 Å². The van der Waals surface area contributed by atoms with Gasteiger partial charge in [-0.3, -0.25) is 9.59 Å². The van der Waals surface area contributed by atoms with Crippen molar-refractivity contribution in [1.82, 2.24) is 4.90 Å². The molecule has 2 rings (SSSR count). The van der Waals surface area contributed by atoms with Crippen LogP contribution >= 0.6 is 0 Å². The summed E-state index contributed by atoms with van der Waals surface area (Å²) in [4.78, 5) is 26.3. The fourth-order valence-corrected chi connectivity index (χ4v) is 2.63. The Bertz CT molecular complexity index is 867. The van der Waals surface area contributed by atoms with Gasteiger partial charge in [0, 0.05) is 12.1 Å². The lowest BCUT2D eigenvalue weighted by atomic mass is 10.1. The topological polar surface area (TPSA) is 67.9 Å². The van der Waals surface area contributed by atoms with E-state index in [0.29, 0.717) is 17.1 Å². The highest BCUT2D eigenvalue weighted by Gasteiger charge is 2.21. The summed E-state index contributed by atoms with van der Waals surface area (Å²) >= 11 is 0. The highest BCUT2D eigenvalue weighted by molar-refractivity contribution is 5.99. The van der Waals surface area contributed by atoms with Crippen molar-refractivity contribution in [2.45, 2.75) is 26.9 Å². The number of halogens is 2. The van der Waals surface area contributed by atoms with Crippen molar-refractivity contribution in [1.29, 1.82) is 0 Å². The van der Waals surface area contributed by atoms with Gasteiger partial charge in [0.1, 0.15) is 23.9 Å². The number of likely N-dealkylation sites (N-methyl/N-ethyl adjacent to an activating group) is 1. The van der Waals surface area contributed by atoms with Crippen molar-refractivity contribution < 1.29 is 27.8 Å². The van der Waals surface area contributed by atoms with Gasteiger partial charge in [0.15, 0.2) is 11.5 Å². The van der Waals surface area contributed by atoms with Crippen LogP contribution < -0.4 is 14.8 Å². The SMILES string of the molecule is CCN(CC(=O)Nc1c(F)cccc1F)C(=O)c1ccc(OC(C)C)c(OC)c1. The second-order valence-electron chi connectivity index (χ2n) is 6.50. The number of para-hydroxylation sites is 1. The zero-order chi connectivity index (χ0) is 21.6. The molecule has 0 spiro atoms. The van der Waals surface area contributed by atoms with Gasteiger partial charge in [-0.1, -0.05) is 6.07 Å². The van der Waals surface area contributed by atoms with Crippen LogP contribution in [0.15, 0.2) is 36.4 Å². The maximum atomic E-state index is 13.7. The lowest BCUT2D eigenvalue weighted by Gasteiger charge is -2.21. The van der Waals surface area contributed by atoms with Crippen LogP contribution in [-0.2, 0) is 4.79 Å². The average molecular weight is 406 g/mol. The summed E-state index contributed by atoms with van der Waals surface area (Å²) in [6.45, 7) is 5.29. The third kappa shape index (κ3) is 5.66. The van der Waals surface area contributed by atoms with E-state index >= 15 is 0 Å². The first-order valence-electron chi connectivity index (χ1n) is 9.14. The monoisotopic (exact) mass is 406 g/mol. The smallest absolute Gasteiger partial charge is 0.254 e. The molecule has 0 saturated heterocycles.